The van der Waals surface area contributed by atoms with Crippen molar-refractivity contribution in [2.75, 3.05) is 6.54 Å². The zero-order chi connectivity index (χ0) is 13.6. The van der Waals surface area contributed by atoms with Crippen molar-refractivity contribution in [3.05, 3.63) is 0 Å². The molecule has 0 spiro atoms. The standard InChI is InChI=1S/C17H37N/c1-5-8-9-10-11-12-13-14-15-16(4)17(6-2)18-7-3/h16-18H,5-15H2,1-4H3. The van der Waals surface area contributed by atoms with Gasteiger partial charge in [-0.2, -0.15) is 0 Å². The minimum absolute atomic E-state index is 0.736. The average Bonchev–Trinajstić information content (AvgIpc) is 2.38. The smallest absolute Gasteiger partial charge is 0.00899 e. The summed E-state index contributed by atoms with van der Waals surface area (Å²) < 4.78 is 0. The fourth-order valence-corrected chi connectivity index (χ4v) is 2.81. The molecule has 0 radical (unpaired) electrons. The lowest BCUT2D eigenvalue weighted by molar-refractivity contribution is 0.342. The van der Waals surface area contributed by atoms with Crippen LogP contribution in [-0.4, -0.2) is 12.6 Å². The number of hydrogen-bond donors (Lipinski definition) is 1. The van der Waals surface area contributed by atoms with Gasteiger partial charge in [0.2, 0.25) is 0 Å². The van der Waals surface area contributed by atoms with Gasteiger partial charge in [-0.1, -0.05) is 79.1 Å². The molecule has 110 valence electrons. The van der Waals surface area contributed by atoms with Crippen molar-refractivity contribution in [2.24, 2.45) is 5.92 Å². The molecule has 0 aromatic heterocycles. The SMILES string of the molecule is CCCCCCCCCCC(C)C(CC)NCC. The highest BCUT2D eigenvalue weighted by Crippen LogP contribution is 2.17. The van der Waals surface area contributed by atoms with Gasteiger partial charge in [0.15, 0.2) is 0 Å². The normalized spacial score (nSPS) is 14.7. The second-order valence-corrected chi connectivity index (χ2v) is 5.81. The molecular formula is C17H37N. The molecule has 0 rings (SSSR count). The third-order valence-electron chi connectivity index (χ3n) is 4.11. The van der Waals surface area contributed by atoms with Crippen LogP contribution < -0.4 is 5.32 Å². The third kappa shape index (κ3) is 9.94. The van der Waals surface area contributed by atoms with Gasteiger partial charge in [-0.15, -0.1) is 0 Å². The molecule has 2 unspecified atom stereocenters. The summed E-state index contributed by atoms with van der Waals surface area (Å²) >= 11 is 0. The Morgan fingerprint density at radius 1 is 0.778 bits per heavy atom. The van der Waals surface area contributed by atoms with Crippen molar-refractivity contribution in [3.63, 3.8) is 0 Å². The Labute approximate surface area is 116 Å². The van der Waals surface area contributed by atoms with Gasteiger partial charge in [0, 0.05) is 6.04 Å². The quantitative estimate of drug-likeness (QED) is 0.426. The molecule has 0 aromatic rings. The molecular weight excluding hydrogens is 218 g/mol. The summed E-state index contributed by atoms with van der Waals surface area (Å²) in [6.07, 6.45) is 14.2. The first-order valence-corrected chi connectivity index (χ1v) is 8.49. The van der Waals surface area contributed by atoms with E-state index in [2.05, 4.69) is 33.0 Å². The van der Waals surface area contributed by atoms with E-state index >= 15 is 0 Å². The molecule has 2 atom stereocenters. The Morgan fingerprint density at radius 3 is 1.83 bits per heavy atom. The maximum absolute atomic E-state index is 3.61. The predicted octanol–water partition coefficient (Wildman–Crippen LogP) is 5.54. The average molecular weight is 255 g/mol. The van der Waals surface area contributed by atoms with E-state index in [9.17, 15) is 0 Å². The van der Waals surface area contributed by atoms with E-state index in [1.54, 1.807) is 0 Å². The van der Waals surface area contributed by atoms with Gasteiger partial charge in [-0.3, -0.25) is 0 Å². The first kappa shape index (κ1) is 18.0. The minimum Gasteiger partial charge on any atom is -0.314 e. The van der Waals surface area contributed by atoms with Crippen LogP contribution in [0.15, 0.2) is 0 Å². The van der Waals surface area contributed by atoms with Crippen LogP contribution in [0.1, 0.15) is 91.9 Å². The van der Waals surface area contributed by atoms with Gasteiger partial charge in [0.25, 0.3) is 0 Å². The highest BCUT2D eigenvalue weighted by Gasteiger charge is 2.13. The molecule has 0 bridgehead atoms. The van der Waals surface area contributed by atoms with Crippen LogP contribution >= 0.6 is 0 Å². The first-order chi connectivity index (χ1) is 8.76. The molecule has 0 fully saturated rings. The second-order valence-electron chi connectivity index (χ2n) is 5.81. The van der Waals surface area contributed by atoms with Crippen LogP contribution in [-0.2, 0) is 0 Å². The van der Waals surface area contributed by atoms with E-state index in [1.807, 2.05) is 0 Å². The molecule has 1 nitrogen and oxygen atoms in total. The summed E-state index contributed by atoms with van der Waals surface area (Å²) in [5, 5.41) is 3.61. The maximum atomic E-state index is 3.61. The second kappa shape index (κ2) is 13.4. The lowest BCUT2D eigenvalue weighted by Gasteiger charge is -2.23. The van der Waals surface area contributed by atoms with Crippen molar-refractivity contribution in [2.45, 2.75) is 97.9 Å². The van der Waals surface area contributed by atoms with Gasteiger partial charge in [-0.25, -0.2) is 0 Å². The topological polar surface area (TPSA) is 12.0 Å². The minimum atomic E-state index is 0.736. The van der Waals surface area contributed by atoms with Crippen molar-refractivity contribution in [1.82, 2.24) is 5.32 Å². The Bertz CT molecular complexity index is 156. The van der Waals surface area contributed by atoms with Crippen LogP contribution in [0.3, 0.4) is 0 Å². The largest absolute Gasteiger partial charge is 0.314 e. The van der Waals surface area contributed by atoms with Gasteiger partial charge >= 0.3 is 0 Å². The van der Waals surface area contributed by atoms with Crippen molar-refractivity contribution >= 4 is 0 Å². The highest BCUT2D eigenvalue weighted by molar-refractivity contribution is 4.71. The number of hydrogen-bond acceptors (Lipinski definition) is 1. The van der Waals surface area contributed by atoms with E-state index in [0.717, 1.165) is 18.5 Å². The molecule has 0 saturated carbocycles. The molecule has 0 amide bonds. The third-order valence-corrected chi connectivity index (χ3v) is 4.11. The fourth-order valence-electron chi connectivity index (χ4n) is 2.81. The van der Waals surface area contributed by atoms with Crippen LogP contribution in [0, 0.1) is 5.92 Å². The Hall–Kier alpha value is -0.0400. The Kier molecular flexibility index (Phi) is 13.4. The molecule has 0 heterocycles. The Morgan fingerprint density at radius 2 is 1.33 bits per heavy atom. The van der Waals surface area contributed by atoms with E-state index in [4.69, 9.17) is 0 Å². The maximum Gasteiger partial charge on any atom is 0.00899 e. The summed E-state index contributed by atoms with van der Waals surface area (Å²) in [5.74, 6) is 0.843. The summed E-state index contributed by atoms with van der Waals surface area (Å²) in [7, 11) is 0. The number of rotatable bonds is 13. The lowest BCUT2D eigenvalue weighted by atomic mass is 9.93. The Balaban J connectivity index is 3.36. The zero-order valence-electron chi connectivity index (χ0n) is 13.4. The molecule has 0 aliphatic carbocycles. The zero-order valence-corrected chi connectivity index (χ0v) is 13.4. The molecule has 0 saturated heterocycles. The van der Waals surface area contributed by atoms with Crippen LogP contribution in [0.4, 0.5) is 0 Å². The van der Waals surface area contributed by atoms with Crippen molar-refractivity contribution < 1.29 is 0 Å². The molecule has 0 aliphatic heterocycles. The van der Waals surface area contributed by atoms with Crippen molar-refractivity contribution in [3.8, 4) is 0 Å². The summed E-state index contributed by atoms with van der Waals surface area (Å²) in [5.41, 5.74) is 0. The van der Waals surface area contributed by atoms with Crippen molar-refractivity contribution in [1.29, 1.82) is 0 Å². The monoisotopic (exact) mass is 255 g/mol. The molecule has 0 aliphatic rings. The van der Waals surface area contributed by atoms with E-state index < -0.39 is 0 Å². The van der Waals surface area contributed by atoms with E-state index in [-0.39, 0.29) is 0 Å². The van der Waals surface area contributed by atoms with Gasteiger partial charge in [0.05, 0.1) is 0 Å². The van der Waals surface area contributed by atoms with Gasteiger partial charge < -0.3 is 5.32 Å². The van der Waals surface area contributed by atoms with Crippen LogP contribution in [0.25, 0.3) is 0 Å². The lowest BCUT2D eigenvalue weighted by Crippen LogP contribution is -2.34. The number of nitrogens with one attached hydrogen (secondary N) is 1. The molecule has 0 aromatic carbocycles. The summed E-state index contributed by atoms with van der Waals surface area (Å²) in [4.78, 5) is 0. The molecule has 18 heavy (non-hydrogen) atoms. The predicted molar refractivity (Wildman–Crippen MR) is 84.1 cm³/mol. The van der Waals surface area contributed by atoms with Crippen LogP contribution in [0.5, 0.6) is 0 Å². The number of unbranched alkanes of at least 4 members (excludes halogenated alkanes) is 7. The van der Waals surface area contributed by atoms with Gasteiger partial charge in [0.1, 0.15) is 0 Å². The fraction of sp³-hybridized carbons (Fsp3) is 1.00. The highest BCUT2D eigenvalue weighted by atomic mass is 14.9. The molecule has 1 heteroatoms. The molecule has 1 N–H and O–H groups in total. The van der Waals surface area contributed by atoms with E-state index in [0.29, 0.717) is 0 Å². The summed E-state index contributed by atoms with van der Waals surface area (Å²) in [6.45, 7) is 10.3. The summed E-state index contributed by atoms with van der Waals surface area (Å²) in [6, 6.07) is 0.736. The van der Waals surface area contributed by atoms with E-state index in [1.165, 1.54) is 64.2 Å². The van der Waals surface area contributed by atoms with Gasteiger partial charge in [-0.05, 0) is 25.3 Å². The van der Waals surface area contributed by atoms with Crippen LogP contribution in [0.2, 0.25) is 0 Å². The first-order valence-electron chi connectivity index (χ1n) is 8.49.